The first-order chi connectivity index (χ1) is 8.68. The van der Waals surface area contributed by atoms with Crippen molar-refractivity contribution in [1.29, 1.82) is 0 Å². The Morgan fingerprint density at radius 1 is 1.47 bits per heavy atom. The number of nitrogens with zero attached hydrogens (tertiary/aromatic N) is 2. The molecule has 1 aliphatic rings. The molecule has 0 amide bonds. The minimum atomic E-state index is -0.206. The molecule has 0 radical (unpaired) electrons. The van der Waals surface area contributed by atoms with Gasteiger partial charge in [-0.2, -0.15) is 5.10 Å². The Kier molecular flexibility index (Phi) is 3.49. The number of rotatable bonds is 3. The molecule has 1 fully saturated rings. The predicted molar refractivity (Wildman–Crippen MR) is 75.4 cm³/mol. The van der Waals surface area contributed by atoms with E-state index in [0.717, 1.165) is 17.7 Å². The molecule has 5 heteroatoms. The summed E-state index contributed by atoms with van der Waals surface area (Å²) in [4.78, 5) is 0. The maximum absolute atomic E-state index is 6.18. The molecule has 2 heterocycles. The lowest BCUT2D eigenvalue weighted by atomic mass is 9.79. The first-order valence-corrected chi connectivity index (χ1v) is 6.83. The van der Waals surface area contributed by atoms with Gasteiger partial charge in [0.25, 0.3) is 0 Å². The van der Waals surface area contributed by atoms with Crippen LogP contribution in [0.4, 0.5) is 0 Å². The zero-order chi connectivity index (χ0) is 14.4. The van der Waals surface area contributed by atoms with Crippen LogP contribution < -0.4 is 11.3 Å². The van der Waals surface area contributed by atoms with Gasteiger partial charge in [0.1, 0.15) is 0 Å². The van der Waals surface area contributed by atoms with Gasteiger partial charge in [-0.15, -0.1) is 0 Å². The van der Waals surface area contributed by atoms with Gasteiger partial charge in [-0.05, 0) is 41.0 Å². The minimum absolute atomic E-state index is 0.0606. The Labute approximate surface area is 115 Å². The number of nitrogens with two attached hydrogens (primary N) is 1. The Bertz CT molecular complexity index is 464. The fraction of sp³-hybridized carbons (Fsp3) is 0.786. The largest absolute Gasteiger partial charge is 0.369 e. The van der Waals surface area contributed by atoms with Crippen molar-refractivity contribution in [2.75, 3.05) is 0 Å². The van der Waals surface area contributed by atoms with E-state index in [-0.39, 0.29) is 17.2 Å². The lowest BCUT2D eigenvalue weighted by Crippen LogP contribution is -2.41. The molecular formula is C14H26N4O. The van der Waals surface area contributed by atoms with Crippen LogP contribution in [0.15, 0.2) is 6.20 Å². The maximum atomic E-state index is 6.18. The highest BCUT2D eigenvalue weighted by atomic mass is 16.5. The number of hydrogen-bond donors (Lipinski definition) is 2. The minimum Gasteiger partial charge on any atom is -0.369 e. The zero-order valence-electron chi connectivity index (χ0n) is 12.8. The van der Waals surface area contributed by atoms with Gasteiger partial charge in [0, 0.05) is 24.2 Å². The highest BCUT2D eigenvalue weighted by Gasteiger charge is 2.49. The van der Waals surface area contributed by atoms with Crippen molar-refractivity contribution >= 4 is 0 Å². The Morgan fingerprint density at radius 3 is 2.47 bits per heavy atom. The SMILES string of the molecule is Cc1c(C(NN)C2CC(C)(C)OC2(C)C)cnn1C. The third-order valence-electron chi connectivity index (χ3n) is 4.33. The van der Waals surface area contributed by atoms with Crippen molar-refractivity contribution in [3.05, 3.63) is 17.5 Å². The molecule has 2 unspecified atom stereocenters. The summed E-state index contributed by atoms with van der Waals surface area (Å²) < 4.78 is 8.06. The second-order valence-corrected chi connectivity index (χ2v) is 6.73. The van der Waals surface area contributed by atoms with Gasteiger partial charge in [-0.25, -0.2) is 0 Å². The summed E-state index contributed by atoms with van der Waals surface area (Å²) in [6.45, 7) is 10.6. The van der Waals surface area contributed by atoms with Gasteiger partial charge in [0.2, 0.25) is 0 Å². The summed E-state index contributed by atoms with van der Waals surface area (Å²) >= 11 is 0. The van der Waals surface area contributed by atoms with Crippen molar-refractivity contribution in [3.8, 4) is 0 Å². The monoisotopic (exact) mass is 266 g/mol. The van der Waals surface area contributed by atoms with E-state index in [1.165, 1.54) is 0 Å². The third kappa shape index (κ3) is 2.55. The van der Waals surface area contributed by atoms with Gasteiger partial charge in [-0.3, -0.25) is 16.0 Å². The average molecular weight is 266 g/mol. The Hall–Kier alpha value is -0.910. The van der Waals surface area contributed by atoms with Crippen molar-refractivity contribution in [1.82, 2.24) is 15.2 Å². The zero-order valence-corrected chi connectivity index (χ0v) is 12.8. The summed E-state index contributed by atoms with van der Waals surface area (Å²) in [6, 6.07) is 0.0606. The number of aromatic nitrogens is 2. The lowest BCUT2D eigenvalue weighted by Gasteiger charge is -2.32. The molecular weight excluding hydrogens is 240 g/mol. The van der Waals surface area contributed by atoms with Crippen molar-refractivity contribution in [2.24, 2.45) is 18.8 Å². The smallest absolute Gasteiger partial charge is 0.0681 e. The standard InChI is InChI=1S/C14H26N4O/c1-9-10(8-16-18(9)6)12(17-15)11-7-13(2,3)19-14(11,4)5/h8,11-12,17H,7,15H2,1-6H3. The topological polar surface area (TPSA) is 65.1 Å². The quantitative estimate of drug-likeness (QED) is 0.647. The second-order valence-electron chi connectivity index (χ2n) is 6.73. The molecule has 0 spiro atoms. The van der Waals surface area contributed by atoms with Crippen LogP contribution in [-0.4, -0.2) is 21.0 Å². The fourth-order valence-electron chi connectivity index (χ4n) is 3.37. The molecule has 108 valence electrons. The van der Waals surface area contributed by atoms with Gasteiger partial charge in [0.05, 0.1) is 23.4 Å². The van der Waals surface area contributed by atoms with Crippen LogP contribution in [0.25, 0.3) is 0 Å². The van der Waals surface area contributed by atoms with Gasteiger partial charge in [-0.1, -0.05) is 0 Å². The van der Waals surface area contributed by atoms with E-state index in [0.29, 0.717) is 5.92 Å². The van der Waals surface area contributed by atoms with E-state index >= 15 is 0 Å². The van der Waals surface area contributed by atoms with Crippen LogP contribution in [0, 0.1) is 12.8 Å². The average Bonchev–Trinajstić information content (AvgIpc) is 2.69. The van der Waals surface area contributed by atoms with E-state index in [1.807, 2.05) is 17.9 Å². The number of hydrogen-bond acceptors (Lipinski definition) is 4. The van der Waals surface area contributed by atoms with Crippen molar-refractivity contribution < 1.29 is 4.74 Å². The van der Waals surface area contributed by atoms with Crippen LogP contribution >= 0.6 is 0 Å². The fourth-order valence-corrected chi connectivity index (χ4v) is 3.37. The molecule has 0 bridgehead atoms. The highest BCUT2D eigenvalue weighted by Crippen LogP contribution is 2.47. The molecule has 1 aliphatic heterocycles. The number of nitrogens with one attached hydrogen (secondary N) is 1. The van der Waals surface area contributed by atoms with Crippen LogP contribution in [0.2, 0.25) is 0 Å². The van der Waals surface area contributed by atoms with Crippen LogP contribution in [0.1, 0.15) is 51.4 Å². The molecule has 2 atom stereocenters. The normalized spacial score (nSPS) is 26.6. The lowest BCUT2D eigenvalue weighted by molar-refractivity contribution is -0.0779. The van der Waals surface area contributed by atoms with Gasteiger partial charge < -0.3 is 4.74 Å². The Morgan fingerprint density at radius 2 is 2.11 bits per heavy atom. The second kappa shape index (κ2) is 4.58. The maximum Gasteiger partial charge on any atom is 0.0681 e. The summed E-state index contributed by atoms with van der Waals surface area (Å²) in [5.74, 6) is 6.15. The molecule has 1 aromatic rings. The first-order valence-electron chi connectivity index (χ1n) is 6.83. The molecule has 0 aliphatic carbocycles. The van der Waals surface area contributed by atoms with Gasteiger partial charge in [0.15, 0.2) is 0 Å². The molecule has 5 nitrogen and oxygen atoms in total. The van der Waals surface area contributed by atoms with E-state index in [1.54, 1.807) is 0 Å². The van der Waals surface area contributed by atoms with Crippen LogP contribution in [0.3, 0.4) is 0 Å². The van der Waals surface area contributed by atoms with E-state index < -0.39 is 0 Å². The molecule has 1 aromatic heterocycles. The van der Waals surface area contributed by atoms with Crippen molar-refractivity contribution in [3.63, 3.8) is 0 Å². The summed E-state index contributed by atoms with van der Waals surface area (Å²) in [5, 5.41) is 4.32. The van der Waals surface area contributed by atoms with E-state index in [2.05, 4.69) is 45.1 Å². The highest BCUT2D eigenvalue weighted by molar-refractivity contribution is 5.23. The van der Waals surface area contributed by atoms with Crippen LogP contribution in [0.5, 0.6) is 0 Å². The number of aryl methyl sites for hydroxylation is 1. The summed E-state index contributed by atoms with van der Waals surface area (Å²) in [5.41, 5.74) is 4.96. The molecule has 1 saturated heterocycles. The van der Waals surface area contributed by atoms with E-state index in [4.69, 9.17) is 10.6 Å². The van der Waals surface area contributed by atoms with Crippen molar-refractivity contribution in [2.45, 2.75) is 58.3 Å². The summed E-state index contributed by atoms with van der Waals surface area (Å²) in [6.07, 6.45) is 2.88. The summed E-state index contributed by atoms with van der Waals surface area (Å²) in [7, 11) is 1.95. The number of ether oxygens (including phenoxy) is 1. The molecule has 19 heavy (non-hydrogen) atoms. The van der Waals surface area contributed by atoms with Crippen LogP contribution in [-0.2, 0) is 11.8 Å². The molecule has 0 saturated carbocycles. The Balaban J connectivity index is 2.35. The molecule has 3 N–H and O–H groups in total. The predicted octanol–water partition coefficient (Wildman–Crippen LogP) is 1.83. The van der Waals surface area contributed by atoms with E-state index in [9.17, 15) is 0 Å². The van der Waals surface area contributed by atoms with Gasteiger partial charge >= 0.3 is 0 Å². The first kappa shape index (κ1) is 14.5. The number of hydrazine groups is 1. The molecule has 0 aromatic carbocycles. The third-order valence-corrected chi connectivity index (χ3v) is 4.33. The molecule has 2 rings (SSSR count).